The van der Waals surface area contributed by atoms with Crippen LogP contribution < -0.4 is 4.90 Å². The van der Waals surface area contributed by atoms with Gasteiger partial charge >= 0.3 is 0 Å². The lowest BCUT2D eigenvalue weighted by Gasteiger charge is -2.29. The number of nitrogens with zero attached hydrogens (tertiary/aromatic N) is 3. The quantitative estimate of drug-likeness (QED) is 0.552. The van der Waals surface area contributed by atoms with Crippen LogP contribution in [0.5, 0.6) is 0 Å². The molecule has 140 valence electrons. The fourth-order valence-corrected chi connectivity index (χ4v) is 5.06. The summed E-state index contributed by atoms with van der Waals surface area (Å²) in [6.07, 6.45) is 5.62. The number of thioether (sulfide) groups is 1. The monoisotopic (exact) mass is 397 g/mol. The summed E-state index contributed by atoms with van der Waals surface area (Å²) >= 11 is 6.75. The first-order valence-electron chi connectivity index (χ1n) is 9.48. The van der Waals surface area contributed by atoms with E-state index in [0.29, 0.717) is 15.8 Å². The Morgan fingerprint density at radius 3 is 2.70 bits per heavy atom. The molecule has 27 heavy (non-hydrogen) atoms. The number of aromatic nitrogens is 1. The zero-order chi connectivity index (χ0) is 19.0. The molecule has 2 aromatic rings. The average Bonchev–Trinajstić information content (AvgIpc) is 2.94. The van der Waals surface area contributed by atoms with Gasteiger partial charge in [-0.3, -0.25) is 9.69 Å². The molecular weight excluding hydrogens is 374 g/mol. The van der Waals surface area contributed by atoms with Crippen LogP contribution in [-0.4, -0.2) is 39.7 Å². The van der Waals surface area contributed by atoms with Crippen LogP contribution in [0.3, 0.4) is 0 Å². The summed E-state index contributed by atoms with van der Waals surface area (Å²) in [5.41, 5.74) is 3.21. The van der Waals surface area contributed by atoms with Crippen LogP contribution in [0, 0.1) is 6.92 Å². The average molecular weight is 398 g/mol. The van der Waals surface area contributed by atoms with Gasteiger partial charge in [0.25, 0.3) is 5.91 Å². The zero-order valence-corrected chi connectivity index (χ0v) is 17.3. The van der Waals surface area contributed by atoms with Gasteiger partial charge < -0.3 is 4.90 Å². The van der Waals surface area contributed by atoms with Crippen molar-refractivity contribution < 1.29 is 4.79 Å². The number of benzene rings is 1. The predicted molar refractivity (Wildman–Crippen MR) is 118 cm³/mol. The first-order valence-corrected chi connectivity index (χ1v) is 10.7. The molecule has 2 aliphatic rings. The van der Waals surface area contributed by atoms with Gasteiger partial charge in [0, 0.05) is 30.6 Å². The third-order valence-electron chi connectivity index (χ3n) is 5.11. The highest BCUT2D eigenvalue weighted by molar-refractivity contribution is 8.26. The molecule has 4 nitrogen and oxygen atoms in total. The van der Waals surface area contributed by atoms with Crippen molar-refractivity contribution in [3.8, 4) is 0 Å². The van der Waals surface area contributed by atoms with E-state index in [1.54, 1.807) is 4.90 Å². The Morgan fingerprint density at radius 2 is 2.00 bits per heavy atom. The molecule has 0 atom stereocenters. The minimum atomic E-state index is 0.00133. The second-order valence-corrected chi connectivity index (χ2v) is 8.75. The highest BCUT2D eigenvalue weighted by Gasteiger charge is 2.31. The Morgan fingerprint density at radius 1 is 1.22 bits per heavy atom. The lowest BCUT2D eigenvalue weighted by Crippen LogP contribution is -2.30. The van der Waals surface area contributed by atoms with E-state index in [1.165, 1.54) is 36.6 Å². The predicted octanol–water partition coefficient (Wildman–Crippen LogP) is 4.75. The van der Waals surface area contributed by atoms with Gasteiger partial charge in [-0.2, -0.15) is 0 Å². The Labute approximate surface area is 169 Å². The summed E-state index contributed by atoms with van der Waals surface area (Å²) in [7, 11) is 0. The zero-order valence-electron chi connectivity index (χ0n) is 15.7. The second-order valence-electron chi connectivity index (χ2n) is 7.07. The molecule has 0 unspecified atom stereocenters. The molecule has 0 N–H and O–H groups in total. The Hall–Kier alpha value is -1.92. The van der Waals surface area contributed by atoms with E-state index in [2.05, 4.69) is 36.1 Å². The van der Waals surface area contributed by atoms with Crippen LogP contribution in [0.15, 0.2) is 29.2 Å². The number of rotatable bonds is 3. The van der Waals surface area contributed by atoms with Crippen molar-refractivity contribution >= 4 is 57.0 Å². The van der Waals surface area contributed by atoms with E-state index >= 15 is 0 Å². The lowest BCUT2D eigenvalue weighted by atomic mass is 10.1. The number of fused-ring (bicyclic) bond motifs is 1. The van der Waals surface area contributed by atoms with Gasteiger partial charge in [0.05, 0.1) is 10.4 Å². The van der Waals surface area contributed by atoms with Crippen LogP contribution in [-0.2, 0) is 4.79 Å². The van der Waals surface area contributed by atoms with Crippen LogP contribution in [0.2, 0.25) is 0 Å². The Kier molecular flexibility index (Phi) is 5.19. The van der Waals surface area contributed by atoms with E-state index in [0.717, 1.165) is 35.4 Å². The van der Waals surface area contributed by atoms with E-state index in [9.17, 15) is 4.79 Å². The number of hydrogen-bond acceptors (Lipinski definition) is 5. The number of carbonyl (C=O) groups excluding carboxylic acids is 1. The van der Waals surface area contributed by atoms with Crippen molar-refractivity contribution in [2.24, 2.45) is 0 Å². The molecular formula is C21H23N3OS2. The normalized spacial score (nSPS) is 19.6. The van der Waals surface area contributed by atoms with Crippen molar-refractivity contribution in [2.45, 2.75) is 33.1 Å². The van der Waals surface area contributed by atoms with Crippen LogP contribution in [0.25, 0.3) is 17.0 Å². The van der Waals surface area contributed by atoms with E-state index in [-0.39, 0.29) is 5.91 Å². The SMILES string of the molecule is CCN1C(=O)C(=Cc2cc3cc(C)ccc3nc2N2CCCCC2)SC1=S. The number of thiocarbonyl (C=S) groups is 1. The van der Waals surface area contributed by atoms with Gasteiger partial charge in [-0.05, 0) is 57.4 Å². The number of anilines is 1. The fraction of sp³-hybridized carbons (Fsp3) is 0.381. The van der Waals surface area contributed by atoms with Crippen molar-refractivity contribution in [3.63, 3.8) is 0 Å². The largest absolute Gasteiger partial charge is 0.356 e. The van der Waals surface area contributed by atoms with Crippen LogP contribution in [0.4, 0.5) is 5.82 Å². The highest BCUT2D eigenvalue weighted by Crippen LogP contribution is 2.35. The number of likely N-dealkylation sites (N-methyl/N-ethyl adjacent to an activating group) is 1. The lowest BCUT2D eigenvalue weighted by molar-refractivity contribution is -0.121. The van der Waals surface area contributed by atoms with Crippen molar-refractivity contribution in [1.82, 2.24) is 9.88 Å². The highest BCUT2D eigenvalue weighted by atomic mass is 32.2. The van der Waals surface area contributed by atoms with Crippen molar-refractivity contribution in [2.75, 3.05) is 24.5 Å². The topological polar surface area (TPSA) is 36.4 Å². The number of carbonyl (C=O) groups is 1. The molecule has 0 aliphatic carbocycles. The minimum Gasteiger partial charge on any atom is -0.356 e. The molecule has 2 saturated heterocycles. The molecule has 2 fully saturated rings. The number of pyridine rings is 1. The van der Waals surface area contributed by atoms with Gasteiger partial charge in [-0.25, -0.2) is 4.98 Å². The van der Waals surface area contributed by atoms with Crippen LogP contribution >= 0.6 is 24.0 Å². The first-order chi connectivity index (χ1) is 13.1. The summed E-state index contributed by atoms with van der Waals surface area (Å²) < 4.78 is 0.637. The molecule has 1 amide bonds. The Balaban J connectivity index is 1.83. The van der Waals surface area contributed by atoms with Gasteiger partial charge in [0.1, 0.15) is 10.1 Å². The maximum Gasteiger partial charge on any atom is 0.266 e. The number of aryl methyl sites for hydroxylation is 1. The summed E-state index contributed by atoms with van der Waals surface area (Å²) in [5.74, 6) is 0.981. The van der Waals surface area contributed by atoms with Gasteiger partial charge in [0.2, 0.25) is 0 Å². The van der Waals surface area contributed by atoms with Gasteiger partial charge in [-0.15, -0.1) is 0 Å². The smallest absolute Gasteiger partial charge is 0.266 e. The van der Waals surface area contributed by atoms with Gasteiger partial charge in [-0.1, -0.05) is 35.6 Å². The maximum atomic E-state index is 12.7. The molecule has 0 radical (unpaired) electrons. The first kappa shape index (κ1) is 18.4. The third kappa shape index (κ3) is 3.60. The van der Waals surface area contributed by atoms with E-state index in [1.807, 2.05) is 13.0 Å². The summed E-state index contributed by atoms with van der Waals surface area (Å²) in [4.78, 5) is 22.4. The number of hydrogen-bond donors (Lipinski definition) is 0. The molecule has 1 aromatic carbocycles. The molecule has 6 heteroatoms. The standard InChI is InChI=1S/C21H23N3OS2/c1-3-24-20(25)18(27-21(24)26)13-16-12-15-11-14(2)7-8-17(15)22-19(16)23-9-5-4-6-10-23/h7-8,11-13H,3-6,9-10H2,1-2H3. The number of amides is 1. The van der Waals surface area contributed by atoms with E-state index < -0.39 is 0 Å². The molecule has 1 aromatic heterocycles. The van der Waals surface area contributed by atoms with Crippen molar-refractivity contribution in [3.05, 3.63) is 40.3 Å². The van der Waals surface area contributed by atoms with Crippen molar-refractivity contribution in [1.29, 1.82) is 0 Å². The molecule has 2 aliphatic heterocycles. The molecule has 0 bridgehead atoms. The maximum absolute atomic E-state index is 12.7. The van der Waals surface area contributed by atoms with E-state index in [4.69, 9.17) is 17.2 Å². The molecule has 0 saturated carbocycles. The fourth-order valence-electron chi connectivity index (χ4n) is 3.68. The second kappa shape index (κ2) is 7.60. The summed E-state index contributed by atoms with van der Waals surface area (Å²) in [6, 6.07) is 8.49. The molecule has 4 rings (SSSR count). The Bertz CT molecular complexity index is 948. The molecule has 0 spiro atoms. The summed E-state index contributed by atoms with van der Waals surface area (Å²) in [6.45, 7) is 6.68. The van der Waals surface area contributed by atoms with Gasteiger partial charge in [0.15, 0.2) is 0 Å². The third-order valence-corrected chi connectivity index (χ3v) is 6.49. The summed E-state index contributed by atoms with van der Waals surface area (Å²) in [5, 5.41) is 1.10. The molecule has 3 heterocycles. The minimum absolute atomic E-state index is 0.00133. The van der Waals surface area contributed by atoms with Crippen LogP contribution in [0.1, 0.15) is 37.3 Å². The number of piperidine rings is 1.